The number of carbonyl (C=O) groups excluding carboxylic acids is 2. The average molecular weight is 249 g/mol. The van der Waals surface area contributed by atoms with Crippen LogP contribution in [0, 0.1) is 0 Å². The minimum atomic E-state index is -0.547. The molecule has 2 rings (SSSR count). The molecular formula is C17H13O2. The number of benzene rings is 2. The number of aldehydes is 1. The minimum absolute atomic E-state index is 0.547. The first-order valence-corrected chi connectivity index (χ1v) is 6.00. The van der Waals surface area contributed by atoms with Crippen molar-refractivity contribution in [2.75, 3.05) is 0 Å². The average Bonchev–Trinajstić information content (AvgIpc) is 2.49. The molecule has 2 aromatic rings. The largest absolute Gasteiger partial charge is 0.299 e. The number of carbonyl (C=O) groups is 1. The van der Waals surface area contributed by atoms with E-state index in [2.05, 4.69) is 0 Å². The summed E-state index contributed by atoms with van der Waals surface area (Å²) in [5, 5.41) is 0. The van der Waals surface area contributed by atoms with E-state index in [1.54, 1.807) is 0 Å². The van der Waals surface area contributed by atoms with E-state index in [4.69, 9.17) is 0 Å². The van der Waals surface area contributed by atoms with E-state index in [-0.39, 0.29) is 0 Å². The van der Waals surface area contributed by atoms with Gasteiger partial charge in [-0.25, -0.2) is 0 Å². The zero-order valence-corrected chi connectivity index (χ0v) is 10.3. The van der Waals surface area contributed by atoms with Gasteiger partial charge in [-0.2, -0.15) is 0 Å². The summed E-state index contributed by atoms with van der Waals surface area (Å²) >= 11 is 0. The Bertz CT molecular complexity index is 571. The lowest BCUT2D eigenvalue weighted by Crippen LogP contribution is -2.04. The first-order chi connectivity index (χ1) is 9.36. The summed E-state index contributed by atoms with van der Waals surface area (Å²) in [7, 11) is 0. The maximum Gasteiger partial charge on any atom is 0.211 e. The topological polar surface area (TPSA) is 34.1 Å². The van der Waals surface area contributed by atoms with Crippen molar-refractivity contribution in [1.29, 1.82) is 0 Å². The van der Waals surface area contributed by atoms with Gasteiger partial charge < -0.3 is 0 Å². The van der Waals surface area contributed by atoms with Gasteiger partial charge in [0, 0.05) is 0 Å². The van der Waals surface area contributed by atoms with Crippen molar-refractivity contribution < 1.29 is 9.59 Å². The lowest BCUT2D eigenvalue weighted by atomic mass is 9.87. The van der Waals surface area contributed by atoms with Gasteiger partial charge in [0.15, 0.2) is 0 Å². The molecule has 0 aliphatic carbocycles. The highest BCUT2D eigenvalue weighted by Crippen LogP contribution is 2.30. The third-order valence-corrected chi connectivity index (χ3v) is 2.92. The van der Waals surface area contributed by atoms with E-state index in [0.717, 1.165) is 11.1 Å². The molecule has 2 heteroatoms. The molecule has 93 valence electrons. The third-order valence-electron chi connectivity index (χ3n) is 2.92. The summed E-state index contributed by atoms with van der Waals surface area (Å²) in [4.78, 5) is 22.1. The third kappa shape index (κ3) is 3.05. The highest BCUT2D eigenvalue weighted by atomic mass is 16.1. The van der Waals surface area contributed by atoms with Crippen LogP contribution in [0.1, 0.15) is 17.0 Å². The van der Waals surface area contributed by atoms with Crippen molar-refractivity contribution in [2.24, 2.45) is 0 Å². The highest BCUT2D eigenvalue weighted by molar-refractivity contribution is 5.92. The predicted molar refractivity (Wildman–Crippen MR) is 75.4 cm³/mol. The van der Waals surface area contributed by atoms with E-state index in [9.17, 15) is 9.59 Å². The molecular weight excluding hydrogens is 236 g/mol. The summed E-state index contributed by atoms with van der Waals surface area (Å²) in [5.41, 5.74) is 2.35. The zero-order valence-electron chi connectivity index (χ0n) is 10.3. The normalized spacial score (nSPS) is 12.7. The Kier molecular flexibility index (Phi) is 4.40. The van der Waals surface area contributed by atoms with Crippen molar-refractivity contribution in [3.05, 3.63) is 77.9 Å². The van der Waals surface area contributed by atoms with Gasteiger partial charge in [0.25, 0.3) is 0 Å². The van der Waals surface area contributed by atoms with E-state index in [1.807, 2.05) is 66.9 Å². The van der Waals surface area contributed by atoms with E-state index in [1.165, 1.54) is 6.08 Å². The standard InChI is InChI=1S/C17H13O2/c18-12-11-16(14-7-3-1-4-8-14)17(13-19)15-9-5-2-6-10-15/h1-12,17H. The summed E-state index contributed by atoms with van der Waals surface area (Å²) < 4.78 is 0. The van der Waals surface area contributed by atoms with Crippen LogP contribution in [-0.2, 0) is 9.59 Å². The van der Waals surface area contributed by atoms with Crippen LogP contribution in [0.2, 0.25) is 0 Å². The summed E-state index contributed by atoms with van der Waals surface area (Å²) in [6.45, 7) is 0. The number of hydrogen-bond acceptors (Lipinski definition) is 2. The number of hydrogen-bond donors (Lipinski definition) is 0. The first kappa shape index (κ1) is 13.0. The molecule has 0 spiro atoms. The Hall–Kier alpha value is -2.48. The summed E-state index contributed by atoms with van der Waals surface area (Å²) in [6, 6.07) is 18.7. The maximum atomic E-state index is 11.3. The molecule has 2 nitrogen and oxygen atoms in total. The zero-order chi connectivity index (χ0) is 13.5. The highest BCUT2D eigenvalue weighted by Gasteiger charge is 2.18. The predicted octanol–water partition coefficient (Wildman–Crippen LogP) is 3.16. The molecule has 1 radical (unpaired) electrons. The Morgan fingerprint density at radius 2 is 1.53 bits per heavy atom. The monoisotopic (exact) mass is 249 g/mol. The van der Waals surface area contributed by atoms with Crippen molar-refractivity contribution in [1.82, 2.24) is 0 Å². The van der Waals surface area contributed by atoms with Crippen LogP contribution in [0.5, 0.6) is 0 Å². The minimum Gasteiger partial charge on any atom is -0.299 e. The van der Waals surface area contributed by atoms with Crippen LogP contribution in [0.15, 0.2) is 66.7 Å². The lowest BCUT2D eigenvalue weighted by Gasteiger charge is -2.14. The lowest BCUT2D eigenvalue weighted by molar-refractivity contribution is -0.104. The molecule has 0 amide bonds. The van der Waals surface area contributed by atoms with Crippen molar-refractivity contribution in [2.45, 2.75) is 5.92 Å². The Morgan fingerprint density at radius 1 is 0.947 bits per heavy atom. The molecule has 0 N–H and O–H groups in total. The van der Waals surface area contributed by atoms with E-state index >= 15 is 0 Å². The van der Waals surface area contributed by atoms with Gasteiger partial charge in [0.1, 0.15) is 6.29 Å². The second kappa shape index (κ2) is 6.45. The fourth-order valence-electron chi connectivity index (χ4n) is 2.02. The second-order valence-corrected chi connectivity index (χ2v) is 4.09. The Balaban J connectivity index is 2.47. The van der Waals surface area contributed by atoms with E-state index < -0.39 is 5.92 Å². The summed E-state index contributed by atoms with van der Waals surface area (Å²) in [6.07, 6.45) is 4.16. The van der Waals surface area contributed by atoms with Gasteiger partial charge in [0.2, 0.25) is 6.29 Å². The molecule has 19 heavy (non-hydrogen) atoms. The molecule has 0 saturated carbocycles. The van der Waals surface area contributed by atoms with Crippen LogP contribution >= 0.6 is 0 Å². The van der Waals surface area contributed by atoms with Crippen LogP contribution in [-0.4, -0.2) is 12.6 Å². The SMILES string of the molecule is O=[C]C(C(=CC=O)c1ccccc1)c1ccccc1. The molecule has 0 aliphatic heterocycles. The first-order valence-electron chi connectivity index (χ1n) is 6.00. The number of allylic oxidation sites excluding steroid dienone is 2. The second-order valence-electron chi connectivity index (χ2n) is 4.09. The van der Waals surface area contributed by atoms with Crippen LogP contribution < -0.4 is 0 Å². The van der Waals surface area contributed by atoms with Gasteiger partial charge in [-0.15, -0.1) is 0 Å². The molecule has 0 aromatic heterocycles. The Morgan fingerprint density at radius 3 is 2.05 bits per heavy atom. The van der Waals surface area contributed by atoms with Crippen LogP contribution in [0.4, 0.5) is 0 Å². The van der Waals surface area contributed by atoms with Gasteiger partial charge in [-0.05, 0) is 22.8 Å². The molecule has 1 unspecified atom stereocenters. The van der Waals surface area contributed by atoms with Gasteiger partial charge >= 0.3 is 0 Å². The molecule has 0 aliphatic rings. The molecule has 0 heterocycles. The van der Waals surface area contributed by atoms with Crippen LogP contribution in [0.3, 0.4) is 0 Å². The van der Waals surface area contributed by atoms with E-state index in [0.29, 0.717) is 11.9 Å². The molecule has 0 bridgehead atoms. The van der Waals surface area contributed by atoms with Gasteiger partial charge in [0.05, 0.1) is 5.92 Å². The maximum absolute atomic E-state index is 11.3. The quantitative estimate of drug-likeness (QED) is 0.602. The van der Waals surface area contributed by atoms with Crippen molar-refractivity contribution in [3.63, 3.8) is 0 Å². The Labute approximate surface area is 112 Å². The molecule has 0 fully saturated rings. The van der Waals surface area contributed by atoms with Crippen LogP contribution in [0.25, 0.3) is 5.57 Å². The molecule has 2 aromatic carbocycles. The van der Waals surface area contributed by atoms with Crippen molar-refractivity contribution in [3.8, 4) is 0 Å². The number of rotatable bonds is 5. The van der Waals surface area contributed by atoms with Gasteiger partial charge in [-0.1, -0.05) is 60.7 Å². The summed E-state index contributed by atoms with van der Waals surface area (Å²) in [5.74, 6) is -0.547. The smallest absolute Gasteiger partial charge is 0.211 e. The molecule has 0 saturated heterocycles. The molecule has 1 atom stereocenters. The van der Waals surface area contributed by atoms with Gasteiger partial charge in [-0.3, -0.25) is 9.59 Å². The fraction of sp³-hybridized carbons (Fsp3) is 0.0588. The fourth-order valence-corrected chi connectivity index (χ4v) is 2.02. The van der Waals surface area contributed by atoms with Crippen molar-refractivity contribution >= 4 is 18.1 Å².